The Morgan fingerprint density at radius 3 is 1.32 bits per heavy atom. The molecule has 6 aromatic rings. The zero-order chi connectivity index (χ0) is 40.0. The summed E-state index contributed by atoms with van der Waals surface area (Å²) >= 11 is 0. The van der Waals surface area contributed by atoms with Gasteiger partial charge >= 0.3 is 0 Å². The van der Waals surface area contributed by atoms with E-state index in [2.05, 4.69) is 0 Å². The van der Waals surface area contributed by atoms with Crippen LogP contribution < -0.4 is 35.5 Å². The Kier molecular flexibility index (Phi) is 9.42. The Morgan fingerprint density at radius 1 is 0.404 bits per heavy atom. The van der Waals surface area contributed by atoms with Crippen LogP contribution in [0.5, 0.6) is 17.2 Å². The van der Waals surface area contributed by atoms with Crippen LogP contribution in [-0.4, -0.2) is 43.4 Å². The van der Waals surface area contributed by atoms with E-state index < -0.39 is 23.6 Å². The molecule has 8 rings (SSSR count). The summed E-state index contributed by atoms with van der Waals surface area (Å²) in [5, 5.41) is 0. The number of hydrogen-bond acceptors (Lipinski definition) is 9. The zero-order valence-corrected chi connectivity index (χ0v) is 31.5. The van der Waals surface area contributed by atoms with Crippen molar-refractivity contribution in [2.75, 3.05) is 41.1 Å². The SMILES string of the molecule is CCOc1cc(-c2ccc(N3C(=O)c4ccc(-c5ccc(N)cc5)cc4C3=O)c(OCC)c2OCC)ccc1N1C(=O)c2ccc(-c3ccc(N)cc3)cc2C1=O. The molecule has 6 aromatic carbocycles. The molecule has 0 atom stereocenters. The van der Waals surface area contributed by atoms with Gasteiger partial charge in [0.05, 0.1) is 53.4 Å². The van der Waals surface area contributed by atoms with Crippen LogP contribution in [0.4, 0.5) is 22.7 Å². The van der Waals surface area contributed by atoms with E-state index in [1.54, 1.807) is 97.9 Å². The fourth-order valence-corrected chi connectivity index (χ4v) is 7.29. The molecule has 11 nitrogen and oxygen atoms in total. The number of hydrogen-bond donors (Lipinski definition) is 2. The molecule has 0 radical (unpaired) electrons. The second-order valence-electron chi connectivity index (χ2n) is 13.4. The summed E-state index contributed by atoms with van der Waals surface area (Å²) in [6.45, 7) is 6.14. The Labute approximate surface area is 329 Å². The third-order valence-corrected chi connectivity index (χ3v) is 9.98. The number of nitrogens with two attached hydrogens (primary N) is 2. The number of anilines is 4. The van der Waals surface area contributed by atoms with Gasteiger partial charge < -0.3 is 25.7 Å². The number of benzene rings is 6. The predicted molar refractivity (Wildman–Crippen MR) is 220 cm³/mol. The highest BCUT2D eigenvalue weighted by Gasteiger charge is 2.41. The second kappa shape index (κ2) is 14.7. The van der Waals surface area contributed by atoms with Crippen molar-refractivity contribution in [1.82, 2.24) is 0 Å². The molecule has 284 valence electrons. The van der Waals surface area contributed by atoms with Crippen molar-refractivity contribution in [3.05, 3.63) is 138 Å². The van der Waals surface area contributed by atoms with Crippen LogP contribution in [0, 0.1) is 0 Å². The van der Waals surface area contributed by atoms with Gasteiger partial charge in [-0.15, -0.1) is 0 Å². The molecule has 2 heterocycles. The minimum atomic E-state index is -0.493. The number of rotatable bonds is 11. The van der Waals surface area contributed by atoms with Gasteiger partial charge in [-0.2, -0.15) is 0 Å². The summed E-state index contributed by atoms with van der Waals surface area (Å²) in [6.07, 6.45) is 0. The number of nitrogen functional groups attached to an aromatic ring is 2. The lowest BCUT2D eigenvalue weighted by Gasteiger charge is -2.23. The molecule has 0 spiro atoms. The molecule has 4 amide bonds. The minimum Gasteiger partial charge on any atom is -0.492 e. The maximum absolute atomic E-state index is 14.1. The highest BCUT2D eigenvalue weighted by Crippen LogP contribution is 2.49. The van der Waals surface area contributed by atoms with Gasteiger partial charge in [-0.05, 0) is 121 Å². The normalized spacial score (nSPS) is 13.2. The van der Waals surface area contributed by atoms with E-state index in [1.165, 1.54) is 0 Å². The number of nitrogens with zero attached hydrogens (tertiary/aromatic N) is 2. The van der Waals surface area contributed by atoms with Crippen molar-refractivity contribution in [3.8, 4) is 50.6 Å². The van der Waals surface area contributed by atoms with E-state index in [1.807, 2.05) is 38.1 Å². The van der Waals surface area contributed by atoms with Crippen LogP contribution in [-0.2, 0) is 0 Å². The Balaban J connectivity index is 1.16. The smallest absolute Gasteiger partial charge is 0.266 e. The largest absolute Gasteiger partial charge is 0.492 e. The molecule has 0 aliphatic carbocycles. The number of carbonyl (C=O) groups excluding carboxylic acids is 4. The summed E-state index contributed by atoms with van der Waals surface area (Å²) in [6, 6.07) is 33.5. The molecule has 2 aliphatic rings. The van der Waals surface area contributed by atoms with Gasteiger partial charge in [0.2, 0.25) is 0 Å². The molecule has 0 fully saturated rings. The molecular formula is C46H38N4O7. The van der Waals surface area contributed by atoms with Crippen LogP contribution in [0.2, 0.25) is 0 Å². The van der Waals surface area contributed by atoms with Crippen LogP contribution in [0.15, 0.2) is 115 Å². The van der Waals surface area contributed by atoms with Gasteiger partial charge in [0.15, 0.2) is 11.5 Å². The topological polar surface area (TPSA) is 154 Å². The Bertz CT molecular complexity index is 2620. The number of fused-ring (bicyclic) bond motifs is 2. The first-order valence-electron chi connectivity index (χ1n) is 18.6. The van der Waals surface area contributed by atoms with Crippen molar-refractivity contribution in [3.63, 3.8) is 0 Å². The molecule has 0 aromatic heterocycles. The lowest BCUT2D eigenvalue weighted by atomic mass is 10.00. The van der Waals surface area contributed by atoms with E-state index >= 15 is 0 Å². The molecule has 0 unspecified atom stereocenters. The third kappa shape index (κ3) is 6.28. The summed E-state index contributed by atoms with van der Waals surface area (Å²) in [5.74, 6) is -1.10. The highest BCUT2D eigenvalue weighted by molar-refractivity contribution is 6.36. The highest BCUT2D eigenvalue weighted by atomic mass is 16.5. The van der Waals surface area contributed by atoms with Crippen LogP contribution >= 0.6 is 0 Å². The van der Waals surface area contributed by atoms with Crippen molar-refractivity contribution in [2.45, 2.75) is 20.8 Å². The third-order valence-electron chi connectivity index (χ3n) is 9.98. The van der Waals surface area contributed by atoms with Gasteiger partial charge in [-0.3, -0.25) is 19.2 Å². The maximum Gasteiger partial charge on any atom is 0.266 e. The lowest BCUT2D eigenvalue weighted by molar-refractivity contribution is 0.0909. The van der Waals surface area contributed by atoms with Gasteiger partial charge in [0.1, 0.15) is 5.75 Å². The van der Waals surface area contributed by atoms with Crippen molar-refractivity contribution in [1.29, 1.82) is 0 Å². The van der Waals surface area contributed by atoms with Crippen molar-refractivity contribution < 1.29 is 33.4 Å². The van der Waals surface area contributed by atoms with Gasteiger partial charge in [0.25, 0.3) is 23.6 Å². The molecule has 11 heteroatoms. The number of imide groups is 2. The van der Waals surface area contributed by atoms with Gasteiger partial charge in [-0.1, -0.05) is 42.5 Å². The molecule has 57 heavy (non-hydrogen) atoms. The van der Waals surface area contributed by atoms with E-state index in [4.69, 9.17) is 25.7 Å². The molecule has 0 bridgehead atoms. The number of amides is 4. The van der Waals surface area contributed by atoms with Gasteiger partial charge in [-0.25, -0.2) is 9.80 Å². The second-order valence-corrected chi connectivity index (χ2v) is 13.4. The first-order valence-corrected chi connectivity index (χ1v) is 18.6. The molecule has 4 N–H and O–H groups in total. The lowest BCUT2D eigenvalue weighted by Crippen LogP contribution is -2.30. The Hall–Kier alpha value is -7.40. The summed E-state index contributed by atoms with van der Waals surface area (Å²) in [7, 11) is 0. The van der Waals surface area contributed by atoms with E-state index in [0.717, 1.165) is 32.1 Å². The molecule has 0 saturated heterocycles. The average Bonchev–Trinajstić information content (AvgIpc) is 3.62. The summed E-state index contributed by atoms with van der Waals surface area (Å²) in [5.41, 5.74) is 19.1. The summed E-state index contributed by atoms with van der Waals surface area (Å²) in [4.78, 5) is 58.0. The molecule has 0 saturated carbocycles. The number of ether oxygens (including phenoxy) is 3. The van der Waals surface area contributed by atoms with Crippen LogP contribution in [0.1, 0.15) is 62.2 Å². The predicted octanol–water partition coefficient (Wildman–Crippen LogP) is 8.65. The quantitative estimate of drug-likeness (QED) is 0.0976. The first-order chi connectivity index (χ1) is 27.6. The standard InChI is InChI=1S/C46H38N4O7/c1-4-55-40-25-30(13-21-38(40)49-43(51)34-18-11-28(23-36(34)45(49)53)26-7-14-31(47)15-8-26)33-20-22-39(42(57-6-3)41(33)56-5-2)50-44(52)35-19-12-29(24-37(35)46(50)54)27-9-16-32(48)17-10-27/h7-25H,4-6,47-48H2,1-3H3. The monoisotopic (exact) mass is 758 g/mol. The average molecular weight is 759 g/mol. The van der Waals surface area contributed by atoms with E-state index in [-0.39, 0.29) is 59.2 Å². The van der Waals surface area contributed by atoms with Gasteiger partial charge in [0, 0.05) is 16.9 Å². The van der Waals surface area contributed by atoms with Crippen molar-refractivity contribution >= 4 is 46.4 Å². The number of carbonyl (C=O) groups is 4. The first kappa shape index (κ1) is 36.6. The Morgan fingerprint density at radius 2 is 0.807 bits per heavy atom. The zero-order valence-electron chi connectivity index (χ0n) is 31.5. The van der Waals surface area contributed by atoms with Crippen molar-refractivity contribution in [2.24, 2.45) is 0 Å². The van der Waals surface area contributed by atoms with E-state index in [9.17, 15) is 19.2 Å². The van der Waals surface area contributed by atoms with E-state index in [0.29, 0.717) is 34.0 Å². The molecular weight excluding hydrogens is 721 g/mol. The minimum absolute atomic E-state index is 0.212. The summed E-state index contributed by atoms with van der Waals surface area (Å²) < 4.78 is 18.5. The fraction of sp³-hybridized carbons (Fsp3) is 0.130. The van der Waals surface area contributed by atoms with Crippen LogP contribution in [0.25, 0.3) is 33.4 Å². The molecule has 2 aliphatic heterocycles. The maximum atomic E-state index is 14.1. The fourth-order valence-electron chi connectivity index (χ4n) is 7.29. The van der Waals surface area contributed by atoms with Crippen LogP contribution in [0.3, 0.4) is 0 Å².